The van der Waals surface area contributed by atoms with E-state index in [4.69, 9.17) is 0 Å². The highest BCUT2D eigenvalue weighted by Crippen LogP contribution is 2.42. The largest absolute Gasteiger partial charge is 0.309 e. The van der Waals surface area contributed by atoms with Crippen LogP contribution in [-0.4, -0.2) is 9.13 Å². The molecule has 0 aliphatic carbocycles. The molecule has 0 radical (unpaired) electrons. The summed E-state index contributed by atoms with van der Waals surface area (Å²) in [5.41, 5.74) is 9.86. The zero-order valence-corrected chi connectivity index (χ0v) is 24.9. The molecule has 0 amide bonds. The van der Waals surface area contributed by atoms with Crippen molar-refractivity contribution < 1.29 is 0 Å². The summed E-state index contributed by atoms with van der Waals surface area (Å²) >= 11 is 0. The molecule has 0 N–H and O–H groups in total. The van der Waals surface area contributed by atoms with Gasteiger partial charge in [0.2, 0.25) is 0 Å². The lowest BCUT2D eigenvalue weighted by molar-refractivity contribution is 1.18. The van der Waals surface area contributed by atoms with E-state index >= 15 is 0 Å². The smallest absolute Gasteiger partial charge is 0.0547 e. The monoisotopic (exact) mass is 582 g/mol. The van der Waals surface area contributed by atoms with Crippen molar-refractivity contribution in [3.05, 3.63) is 158 Å². The molecule has 212 valence electrons. The fourth-order valence-corrected chi connectivity index (χ4v) is 8.30. The SMILES string of the molecule is c1ccc2c(-n3c4cccc5ccc6cccc3c6c54)ccc(-c3ccc(-n4c5cccc6ccc7cccc4c7c65)cc3)c2c1. The van der Waals surface area contributed by atoms with Crippen LogP contribution in [0, 0.1) is 0 Å². The molecular formula is C44H26N2. The van der Waals surface area contributed by atoms with Gasteiger partial charge in [0.1, 0.15) is 0 Å². The molecule has 2 nitrogen and oxygen atoms in total. The van der Waals surface area contributed by atoms with Crippen LogP contribution in [0.5, 0.6) is 0 Å². The van der Waals surface area contributed by atoms with Crippen LogP contribution < -0.4 is 0 Å². The van der Waals surface area contributed by atoms with Crippen LogP contribution in [0.1, 0.15) is 0 Å². The Morgan fingerprint density at radius 2 is 0.761 bits per heavy atom. The van der Waals surface area contributed by atoms with Crippen LogP contribution in [0.2, 0.25) is 0 Å². The Bertz CT molecular complexity index is 2820. The van der Waals surface area contributed by atoms with Crippen molar-refractivity contribution in [2.75, 3.05) is 0 Å². The number of nitrogens with zero attached hydrogens (tertiary/aromatic N) is 2. The fourth-order valence-electron chi connectivity index (χ4n) is 8.30. The molecule has 0 fully saturated rings. The first-order valence-electron chi connectivity index (χ1n) is 15.9. The highest BCUT2D eigenvalue weighted by Gasteiger charge is 2.19. The quantitative estimate of drug-likeness (QED) is 0.183. The molecule has 0 spiro atoms. The third-order valence-electron chi connectivity index (χ3n) is 10.2. The van der Waals surface area contributed by atoms with Crippen LogP contribution in [0.15, 0.2) is 158 Å². The first-order chi connectivity index (χ1) is 22.8. The molecule has 9 aromatic carbocycles. The lowest BCUT2D eigenvalue weighted by Crippen LogP contribution is -1.96. The summed E-state index contributed by atoms with van der Waals surface area (Å²) in [5, 5.41) is 13.0. The number of hydrogen-bond donors (Lipinski definition) is 0. The Morgan fingerprint density at radius 1 is 0.304 bits per heavy atom. The highest BCUT2D eigenvalue weighted by molar-refractivity contribution is 6.25. The van der Waals surface area contributed by atoms with E-state index in [9.17, 15) is 0 Å². The van der Waals surface area contributed by atoms with Gasteiger partial charge in [-0.05, 0) is 80.5 Å². The summed E-state index contributed by atoms with van der Waals surface area (Å²) in [6, 6.07) is 58.2. The van der Waals surface area contributed by atoms with Gasteiger partial charge in [0.05, 0.1) is 27.8 Å². The Labute approximate surface area is 264 Å². The molecule has 0 saturated carbocycles. The van der Waals surface area contributed by atoms with Crippen molar-refractivity contribution in [3.8, 4) is 22.5 Å². The lowest BCUT2D eigenvalue weighted by Gasteiger charge is -2.15. The van der Waals surface area contributed by atoms with E-state index in [0.29, 0.717) is 0 Å². The van der Waals surface area contributed by atoms with Crippen LogP contribution >= 0.6 is 0 Å². The second kappa shape index (κ2) is 8.74. The highest BCUT2D eigenvalue weighted by atomic mass is 15.0. The summed E-state index contributed by atoms with van der Waals surface area (Å²) in [6.07, 6.45) is 0. The zero-order chi connectivity index (χ0) is 29.9. The maximum absolute atomic E-state index is 2.46. The third kappa shape index (κ3) is 3.05. The average molecular weight is 583 g/mol. The van der Waals surface area contributed by atoms with Gasteiger partial charge in [-0.1, -0.05) is 115 Å². The van der Waals surface area contributed by atoms with E-state index in [2.05, 4.69) is 167 Å². The first-order valence-corrected chi connectivity index (χ1v) is 15.9. The van der Waals surface area contributed by atoms with Crippen LogP contribution in [0.4, 0.5) is 0 Å². The van der Waals surface area contributed by atoms with Crippen LogP contribution in [0.25, 0.3) is 98.4 Å². The van der Waals surface area contributed by atoms with Crippen LogP contribution in [0.3, 0.4) is 0 Å². The Kier molecular flexibility index (Phi) is 4.61. The molecule has 2 aromatic heterocycles. The van der Waals surface area contributed by atoms with Gasteiger partial charge in [0.25, 0.3) is 0 Å². The molecule has 46 heavy (non-hydrogen) atoms. The third-order valence-corrected chi connectivity index (χ3v) is 10.2. The number of rotatable bonds is 3. The summed E-state index contributed by atoms with van der Waals surface area (Å²) in [6.45, 7) is 0. The Balaban J connectivity index is 1.11. The molecular weight excluding hydrogens is 556 g/mol. The van der Waals surface area contributed by atoms with E-state index in [1.54, 1.807) is 0 Å². The summed E-state index contributed by atoms with van der Waals surface area (Å²) in [5.74, 6) is 0. The summed E-state index contributed by atoms with van der Waals surface area (Å²) in [4.78, 5) is 0. The van der Waals surface area contributed by atoms with Crippen molar-refractivity contribution in [1.29, 1.82) is 0 Å². The molecule has 0 atom stereocenters. The second-order valence-electron chi connectivity index (χ2n) is 12.5. The number of hydrogen-bond acceptors (Lipinski definition) is 0. The molecule has 0 unspecified atom stereocenters. The topological polar surface area (TPSA) is 9.86 Å². The molecule has 0 saturated heterocycles. The van der Waals surface area contributed by atoms with E-state index < -0.39 is 0 Å². The number of fused-ring (bicyclic) bond motifs is 1. The standard InChI is InChI=1S/C44H26N2/c1-2-12-35-34(11-1)33(25-26-36(35)46-39-15-5-9-30-19-20-31-10-6-16-40(46)44(31)43(30)39)27-21-23-32(24-22-27)45-37-13-3-7-28-17-18-29-8-4-14-38(45)42(29)41(28)37/h1-26H. The van der Waals surface area contributed by atoms with Crippen molar-refractivity contribution in [2.24, 2.45) is 0 Å². The summed E-state index contributed by atoms with van der Waals surface area (Å²) in [7, 11) is 0. The van der Waals surface area contributed by atoms with E-state index in [1.807, 2.05) is 0 Å². The Hall–Kier alpha value is -6.12. The van der Waals surface area contributed by atoms with Gasteiger partial charge in [0, 0.05) is 32.6 Å². The zero-order valence-electron chi connectivity index (χ0n) is 24.9. The first kappa shape index (κ1) is 24.2. The molecule has 11 aromatic rings. The molecule has 2 heterocycles. The minimum absolute atomic E-state index is 1.18. The molecule has 0 aliphatic heterocycles. The molecule has 0 bridgehead atoms. The number of aromatic nitrogens is 2. The van der Waals surface area contributed by atoms with E-state index in [1.165, 1.54) is 98.4 Å². The van der Waals surface area contributed by atoms with Gasteiger partial charge in [0.15, 0.2) is 0 Å². The van der Waals surface area contributed by atoms with Gasteiger partial charge in [-0.25, -0.2) is 0 Å². The van der Waals surface area contributed by atoms with Gasteiger partial charge >= 0.3 is 0 Å². The molecule has 2 heteroatoms. The minimum Gasteiger partial charge on any atom is -0.309 e. The van der Waals surface area contributed by atoms with Crippen molar-refractivity contribution in [2.45, 2.75) is 0 Å². The maximum Gasteiger partial charge on any atom is 0.0547 e. The van der Waals surface area contributed by atoms with Gasteiger partial charge in [-0.3, -0.25) is 0 Å². The fraction of sp³-hybridized carbons (Fsp3) is 0. The van der Waals surface area contributed by atoms with Crippen molar-refractivity contribution >= 4 is 75.9 Å². The Morgan fingerprint density at radius 3 is 1.26 bits per heavy atom. The molecule has 11 rings (SSSR count). The van der Waals surface area contributed by atoms with Gasteiger partial charge < -0.3 is 9.13 Å². The predicted octanol–water partition coefficient (Wildman–Crippen LogP) is 11.9. The van der Waals surface area contributed by atoms with E-state index in [0.717, 1.165) is 0 Å². The van der Waals surface area contributed by atoms with Crippen molar-refractivity contribution in [3.63, 3.8) is 0 Å². The van der Waals surface area contributed by atoms with Gasteiger partial charge in [-0.15, -0.1) is 0 Å². The maximum atomic E-state index is 2.46. The minimum atomic E-state index is 1.18. The number of benzene rings is 9. The predicted molar refractivity (Wildman–Crippen MR) is 195 cm³/mol. The lowest BCUT2D eigenvalue weighted by atomic mass is 9.96. The van der Waals surface area contributed by atoms with E-state index in [-0.39, 0.29) is 0 Å². The summed E-state index contributed by atoms with van der Waals surface area (Å²) < 4.78 is 4.88. The second-order valence-corrected chi connectivity index (χ2v) is 12.5. The normalized spacial score (nSPS) is 12.3. The average Bonchev–Trinajstić information content (AvgIpc) is 3.64. The van der Waals surface area contributed by atoms with Gasteiger partial charge in [-0.2, -0.15) is 0 Å². The van der Waals surface area contributed by atoms with Crippen LogP contribution in [-0.2, 0) is 0 Å². The molecule has 0 aliphatic rings. The van der Waals surface area contributed by atoms with Crippen molar-refractivity contribution in [1.82, 2.24) is 9.13 Å².